The molecule has 26 heavy (non-hydrogen) atoms. The van der Waals surface area contributed by atoms with Crippen molar-refractivity contribution in [2.45, 2.75) is 38.1 Å². The summed E-state index contributed by atoms with van der Waals surface area (Å²) in [6.07, 6.45) is 0.582. The van der Waals surface area contributed by atoms with Crippen LogP contribution in [0.2, 0.25) is 0 Å². The van der Waals surface area contributed by atoms with Gasteiger partial charge in [0.1, 0.15) is 0 Å². The van der Waals surface area contributed by atoms with E-state index in [0.717, 1.165) is 6.54 Å². The molecule has 1 aliphatic heterocycles. The molecule has 8 heteroatoms. The van der Waals surface area contributed by atoms with Crippen LogP contribution in [0.1, 0.15) is 36.7 Å². The second-order valence-corrected chi connectivity index (χ2v) is 8.27. The lowest BCUT2D eigenvalue weighted by Crippen LogP contribution is -2.41. The van der Waals surface area contributed by atoms with Gasteiger partial charge in [0.25, 0.3) is 5.91 Å². The van der Waals surface area contributed by atoms with Crippen LogP contribution in [-0.4, -0.2) is 64.1 Å². The average Bonchev–Trinajstić information content (AvgIpc) is 2.66. The Kier molecular flexibility index (Phi) is 7.57. The van der Waals surface area contributed by atoms with Gasteiger partial charge in [0.05, 0.1) is 18.1 Å². The van der Waals surface area contributed by atoms with Gasteiger partial charge >= 0.3 is 0 Å². The molecular weight excluding hydrogens is 354 g/mol. The number of carbonyl (C=O) groups excluding carboxylic acids is 1. The summed E-state index contributed by atoms with van der Waals surface area (Å²) in [7, 11) is -3.64. The molecule has 146 valence electrons. The summed E-state index contributed by atoms with van der Waals surface area (Å²) in [5.74, 6) is -0.268. The summed E-state index contributed by atoms with van der Waals surface area (Å²) < 4.78 is 32.7. The molecule has 0 unspecified atom stereocenters. The van der Waals surface area contributed by atoms with Crippen molar-refractivity contribution >= 4 is 15.9 Å². The number of ether oxygens (including phenoxy) is 1. The van der Waals surface area contributed by atoms with Gasteiger partial charge in [0.2, 0.25) is 10.0 Å². The molecule has 1 fully saturated rings. The lowest BCUT2D eigenvalue weighted by molar-refractivity contribution is 0.0730. The third-order valence-electron chi connectivity index (χ3n) is 4.42. The molecule has 2 N–H and O–H groups in total. The summed E-state index contributed by atoms with van der Waals surface area (Å²) in [6, 6.07) is 5.06. The highest BCUT2D eigenvalue weighted by Gasteiger charge is 2.29. The highest BCUT2D eigenvalue weighted by molar-refractivity contribution is 7.89. The number of likely N-dealkylation sites (N-methyl/N-ethyl adjacent to an activating group) is 1. The van der Waals surface area contributed by atoms with E-state index in [4.69, 9.17) is 4.74 Å². The molecule has 0 aliphatic carbocycles. The van der Waals surface area contributed by atoms with Gasteiger partial charge in [0.15, 0.2) is 0 Å². The SMILES string of the molecule is CCN[C@H](C)CNC(=O)c1ccc(CC)c(S(=O)(=O)N2CCOCC2)c1. The van der Waals surface area contributed by atoms with Crippen LogP contribution in [-0.2, 0) is 21.2 Å². The van der Waals surface area contributed by atoms with Crippen LogP contribution < -0.4 is 10.6 Å². The number of nitrogens with zero attached hydrogens (tertiary/aromatic N) is 1. The van der Waals surface area contributed by atoms with E-state index in [1.807, 2.05) is 20.8 Å². The van der Waals surface area contributed by atoms with Crippen LogP contribution in [0.5, 0.6) is 0 Å². The summed E-state index contributed by atoms with van der Waals surface area (Å²) in [5.41, 5.74) is 1.08. The quantitative estimate of drug-likeness (QED) is 0.699. The van der Waals surface area contributed by atoms with Gasteiger partial charge in [0, 0.05) is 31.2 Å². The van der Waals surface area contributed by atoms with Crippen molar-refractivity contribution in [3.63, 3.8) is 0 Å². The van der Waals surface area contributed by atoms with Gasteiger partial charge in [-0.3, -0.25) is 4.79 Å². The third-order valence-corrected chi connectivity index (χ3v) is 6.40. The van der Waals surface area contributed by atoms with E-state index in [2.05, 4.69) is 10.6 Å². The second kappa shape index (κ2) is 9.45. The van der Waals surface area contributed by atoms with Gasteiger partial charge in [-0.2, -0.15) is 4.31 Å². The summed E-state index contributed by atoms with van der Waals surface area (Å²) in [6.45, 7) is 8.66. The molecule has 2 rings (SSSR count). The van der Waals surface area contributed by atoms with Gasteiger partial charge in [-0.25, -0.2) is 8.42 Å². The molecule has 1 atom stereocenters. The molecule has 1 aromatic carbocycles. The lowest BCUT2D eigenvalue weighted by atomic mass is 10.1. The Hall–Kier alpha value is -1.48. The largest absolute Gasteiger partial charge is 0.379 e. The maximum absolute atomic E-state index is 13.0. The minimum atomic E-state index is -3.64. The minimum Gasteiger partial charge on any atom is -0.379 e. The highest BCUT2D eigenvalue weighted by atomic mass is 32.2. The molecule has 0 radical (unpaired) electrons. The monoisotopic (exact) mass is 383 g/mol. The van der Waals surface area contributed by atoms with Crippen LogP contribution >= 0.6 is 0 Å². The van der Waals surface area contributed by atoms with Crippen molar-refractivity contribution in [3.05, 3.63) is 29.3 Å². The zero-order valence-electron chi connectivity index (χ0n) is 15.7. The van der Waals surface area contributed by atoms with Gasteiger partial charge in [-0.1, -0.05) is 19.9 Å². The molecule has 7 nitrogen and oxygen atoms in total. The van der Waals surface area contributed by atoms with Gasteiger partial charge < -0.3 is 15.4 Å². The number of rotatable bonds is 8. The summed E-state index contributed by atoms with van der Waals surface area (Å²) in [5, 5.41) is 6.07. The van der Waals surface area contributed by atoms with Crippen LogP contribution in [0.25, 0.3) is 0 Å². The molecule has 1 saturated heterocycles. The normalized spacial score (nSPS) is 17.0. The van der Waals surface area contributed by atoms with Crippen molar-refractivity contribution in [1.82, 2.24) is 14.9 Å². The maximum atomic E-state index is 13.0. The Labute approximate surface area is 156 Å². The standard InChI is InChI=1S/C18H29N3O4S/c1-4-15-6-7-16(18(22)20-13-14(3)19-5-2)12-17(15)26(23,24)21-8-10-25-11-9-21/h6-7,12,14,19H,4-5,8-11,13H2,1-3H3,(H,20,22)/t14-/m1/s1. The smallest absolute Gasteiger partial charge is 0.251 e. The third kappa shape index (κ3) is 5.03. The predicted octanol–water partition coefficient (Wildman–Crippen LogP) is 0.998. The van der Waals surface area contributed by atoms with E-state index in [9.17, 15) is 13.2 Å². The fraction of sp³-hybridized carbons (Fsp3) is 0.611. The highest BCUT2D eigenvalue weighted by Crippen LogP contribution is 2.23. The first-order valence-electron chi connectivity index (χ1n) is 9.12. The van der Waals surface area contributed by atoms with Crippen LogP contribution in [0, 0.1) is 0 Å². The van der Waals surface area contributed by atoms with Crippen molar-refractivity contribution < 1.29 is 17.9 Å². The van der Waals surface area contributed by atoms with E-state index in [1.165, 1.54) is 10.4 Å². The minimum absolute atomic E-state index is 0.149. The number of benzene rings is 1. The number of carbonyl (C=O) groups is 1. The number of hydrogen-bond acceptors (Lipinski definition) is 5. The first-order chi connectivity index (χ1) is 12.4. The molecule has 1 aliphatic rings. The van der Waals surface area contributed by atoms with Crippen molar-refractivity contribution in [2.75, 3.05) is 39.4 Å². The topological polar surface area (TPSA) is 87.7 Å². The molecule has 0 bridgehead atoms. The zero-order valence-corrected chi connectivity index (χ0v) is 16.6. The summed E-state index contributed by atoms with van der Waals surface area (Å²) >= 11 is 0. The molecule has 0 aromatic heterocycles. The van der Waals surface area contributed by atoms with E-state index >= 15 is 0 Å². The number of nitrogens with one attached hydrogen (secondary N) is 2. The van der Waals surface area contributed by atoms with E-state index in [-0.39, 0.29) is 16.8 Å². The number of sulfonamides is 1. The fourth-order valence-electron chi connectivity index (χ4n) is 2.92. The lowest BCUT2D eigenvalue weighted by Gasteiger charge is -2.27. The Balaban J connectivity index is 2.23. The molecule has 1 aromatic rings. The Bertz CT molecular complexity index is 715. The van der Waals surface area contributed by atoms with E-state index in [1.54, 1.807) is 12.1 Å². The van der Waals surface area contributed by atoms with Crippen molar-refractivity contribution in [2.24, 2.45) is 0 Å². The van der Waals surface area contributed by atoms with E-state index in [0.29, 0.717) is 50.4 Å². The molecular formula is C18H29N3O4S. The summed E-state index contributed by atoms with van der Waals surface area (Å²) in [4.78, 5) is 12.7. The van der Waals surface area contributed by atoms with Gasteiger partial charge in [-0.15, -0.1) is 0 Å². The molecule has 0 saturated carbocycles. The fourth-order valence-corrected chi connectivity index (χ4v) is 4.65. The molecule has 1 heterocycles. The zero-order chi connectivity index (χ0) is 19.2. The number of hydrogen-bond donors (Lipinski definition) is 2. The molecule has 0 spiro atoms. The van der Waals surface area contributed by atoms with Crippen molar-refractivity contribution in [3.8, 4) is 0 Å². The Morgan fingerprint density at radius 1 is 1.27 bits per heavy atom. The van der Waals surface area contributed by atoms with Gasteiger partial charge in [-0.05, 0) is 37.6 Å². The van der Waals surface area contributed by atoms with E-state index < -0.39 is 10.0 Å². The number of morpholine rings is 1. The first kappa shape index (κ1) is 20.8. The second-order valence-electron chi connectivity index (χ2n) is 6.36. The van der Waals surface area contributed by atoms with Crippen LogP contribution in [0.3, 0.4) is 0 Å². The Morgan fingerprint density at radius 3 is 2.58 bits per heavy atom. The molecule has 1 amide bonds. The van der Waals surface area contributed by atoms with Crippen LogP contribution in [0.4, 0.5) is 0 Å². The number of aryl methyl sites for hydroxylation is 1. The number of amides is 1. The maximum Gasteiger partial charge on any atom is 0.251 e. The van der Waals surface area contributed by atoms with Crippen LogP contribution in [0.15, 0.2) is 23.1 Å². The van der Waals surface area contributed by atoms with Crippen molar-refractivity contribution in [1.29, 1.82) is 0 Å². The first-order valence-corrected chi connectivity index (χ1v) is 10.6. The Morgan fingerprint density at radius 2 is 1.96 bits per heavy atom. The predicted molar refractivity (Wildman–Crippen MR) is 101 cm³/mol. The average molecular weight is 384 g/mol.